The van der Waals surface area contributed by atoms with Crippen LogP contribution in [0.15, 0.2) is 273 Å². The number of nitro benzene ring substituents is 3. The van der Waals surface area contributed by atoms with E-state index in [-0.39, 0.29) is 39.8 Å². The zero-order valence-electron chi connectivity index (χ0n) is 50.2. The summed E-state index contributed by atoms with van der Waals surface area (Å²) in [4.78, 5) is 46.3. The van der Waals surface area contributed by atoms with Crippen molar-refractivity contribution < 1.29 is 19.6 Å². The zero-order chi connectivity index (χ0) is 66.2. The lowest BCUT2D eigenvalue weighted by Crippen LogP contribution is -2.32. The molecule has 0 radical (unpaired) electrons. The normalized spacial score (nSPS) is 11.2. The molecule has 13 rings (SSSR count). The third kappa shape index (κ3) is 13.8. The summed E-state index contributed by atoms with van der Waals surface area (Å²) in [5, 5.41) is 65.3. The number of benzene rings is 11. The molecule has 0 aliphatic carbocycles. The molecule has 0 saturated carbocycles. The summed E-state index contributed by atoms with van der Waals surface area (Å²) in [5.74, 6) is 0.0962. The predicted molar refractivity (Wildman–Crippen MR) is 369 cm³/mol. The molecule has 1 aliphatic rings. The Morgan fingerprint density at radius 1 is 0.453 bits per heavy atom. The second-order valence-electron chi connectivity index (χ2n) is 20.8. The predicted octanol–water partition coefficient (Wildman–Crippen LogP) is 16.8. The molecule has 1 saturated heterocycles. The number of aromatic nitrogens is 1. The second-order valence-corrected chi connectivity index (χ2v) is 20.8. The highest BCUT2D eigenvalue weighted by atomic mass is 16.6. The van der Waals surface area contributed by atoms with Gasteiger partial charge in [0.05, 0.1) is 113 Å². The minimum absolute atomic E-state index is 0.0494. The number of anilines is 11. The third-order valence-corrected chi connectivity index (χ3v) is 14.9. The van der Waals surface area contributed by atoms with Gasteiger partial charge >= 0.3 is 11.4 Å². The number of nitrogens with one attached hydrogen (secondary N) is 5. The Morgan fingerprint density at radius 2 is 0.779 bits per heavy atom. The van der Waals surface area contributed by atoms with E-state index in [1.807, 2.05) is 257 Å². The van der Waals surface area contributed by atoms with Gasteiger partial charge < -0.3 is 10.9 Å². The quantitative estimate of drug-likeness (QED) is 0.0303. The first-order valence-electron chi connectivity index (χ1n) is 29.3. The summed E-state index contributed by atoms with van der Waals surface area (Å²) in [5.41, 5.74) is 20.9. The van der Waals surface area contributed by atoms with Gasteiger partial charge in [0.1, 0.15) is 12.1 Å². The molecule has 12 aromatic rings. The van der Waals surface area contributed by atoms with Gasteiger partial charge in [-0.05, 0) is 97.1 Å². The highest BCUT2D eigenvalue weighted by Gasteiger charge is 2.33. The van der Waals surface area contributed by atoms with Gasteiger partial charge in [0.15, 0.2) is 0 Å². The Bertz CT molecular complexity index is 4380. The largest absolute Gasteiger partial charge is 0.308 e. The number of fused-ring (bicyclic) bond motifs is 3. The Morgan fingerprint density at radius 3 is 1.08 bits per heavy atom. The number of hydrogen-bond acceptors (Lipinski definition) is 17. The van der Waals surface area contributed by atoms with Crippen molar-refractivity contribution in [3.8, 4) is 12.1 Å². The summed E-state index contributed by atoms with van der Waals surface area (Å²) < 4.78 is 1.49. The molecule has 1 aromatic heterocycles. The summed E-state index contributed by atoms with van der Waals surface area (Å²) >= 11 is 0. The standard InChI is InChI=1S/C45H33N9.C18H11N5O6.C9H10N2O/c1-48-45-43(50-53(36-24-12-4-13-25-36)37-26-14-5-15-27-37)40(32-46)42(49-52(34-20-8-2-9-21-34)35-22-10-3-11-23-35)41(33-47)44(45)51-54(38-28-16-6-17-29-38)39-30-18-7-19-31-39;24-21(25)11-9-16(22(26)27)18(17(10-11)23(28)29)19-20-14-7-3-1-5-12(14)13-6-2-4-8-15(13)20;12-9-6-7-11(10-9)8-4-2-1-3-5-8/h2-31,49-51H;1-10,19H;1-5H,6-7H2,(H,10,12). The maximum atomic E-state index is 11.5. The average Bonchev–Trinajstić information content (AvgIpc) is 1.75. The van der Waals surface area contributed by atoms with Crippen LogP contribution >= 0.6 is 0 Å². The molecule has 0 unspecified atom stereocenters. The molecule has 0 atom stereocenters. The number of carbonyl (C=O) groups excluding carboxylic acids is 1. The van der Waals surface area contributed by atoms with Crippen molar-refractivity contribution in [3.63, 3.8) is 0 Å². The van der Waals surface area contributed by atoms with E-state index in [9.17, 15) is 45.7 Å². The van der Waals surface area contributed by atoms with Crippen LogP contribution in [0.5, 0.6) is 0 Å². The first-order valence-corrected chi connectivity index (χ1v) is 29.3. The first-order chi connectivity index (χ1) is 46.4. The lowest BCUT2D eigenvalue weighted by molar-refractivity contribution is -0.401. The Kier molecular flexibility index (Phi) is 19.0. The van der Waals surface area contributed by atoms with Gasteiger partial charge in [0, 0.05) is 23.7 Å². The van der Waals surface area contributed by atoms with Gasteiger partial charge in [0.2, 0.25) is 17.3 Å². The van der Waals surface area contributed by atoms with Gasteiger partial charge in [0.25, 0.3) is 5.69 Å². The van der Waals surface area contributed by atoms with E-state index in [1.165, 1.54) is 4.68 Å². The zero-order valence-corrected chi connectivity index (χ0v) is 50.2. The molecular formula is C72H54N16O7. The van der Waals surface area contributed by atoms with E-state index in [2.05, 4.69) is 44.1 Å². The van der Waals surface area contributed by atoms with Crippen LogP contribution in [0.3, 0.4) is 0 Å². The van der Waals surface area contributed by atoms with Crippen molar-refractivity contribution in [1.29, 1.82) is 10.5 Å². The third-order valence-electron chi connectivity index (χ3n) is 14.9. The number of nitriles is 2. The van der Waals surface area contributed by atoms with Crippen molar-refractivity contribution >= 4 is 113 Å². The van der Waals surface area contributed by atoms with Gasteiger partial charge in [-0.1, -0.05) is 164 Å². The van der Waals surface area contributed by atoms with Gasteiger partial charge in [-0.3, -0.25) is 76.1 Å². The van der Waals surface area contributed by atoms with Gasteiger partial charge in [-0.2, -0.15) is 10.5 Å². The average molecular weight is 1260 g/mol. The monoisotopic (exact) mass is 1250 g/mol. The fourth-order valence-electron chi connectivity index (χ4n) is 10.6. The van der Waals surface area contributed by atoms with Crippen molar-refractivity contribution in [2.24, 2.45) is 0 Å². The lowest BCUT2D eigenvalue weighted by Gasteiger charge is -2.33. The molecule has 11 aromatic carbocycles. The Balaban J connectivity index is 0.000000184. The van der Waals surface area contributed by atoms with E-state index < -0.39 is 37.5 Å². The van der Waals surface area contributed by atoms with Crippen LogP contribution in [-0.4, -0.2) is 31.9 Å². The molecule has 1 amide bonds. The number of nitro groups is 3. The van der Waals surface area contributed by atoms with E-state index in [4.69, 9.17) is 6.57 Å². The molecule has 464 valence electrons. The highest BCUT2D eigenvalue weighted by molar-refractivity contribution is 6.08. The molecule has 1 fully saturated rings. The maximum Gasteiger partial charge on any atom is 0.308 e. The van der Waals surface area contributed by atoms with Crippen LogP contribution in [0.2, 0.25) is 0 Å². The molecule has 2 heterocycles. The minimum Gasteiger partial charge on any atom is -0.303 e. The second kappa shape index (κ2) is 28.9. The molecule has 23 heteroatoms. The molecule has 5 N–H and O–H groups in total. The number of para-hydroxylation sites is 9. The molecule has 23 nitrogen and oxygen atoms in total. The lowest BCUT2D eigenvalue weighted by atomic mass is 10.0. The van der Waals surface area contributed by atoms with Gasteiger partial charge in [-0.25, -0.2) is 4.85 Å². The number of carbonyl (C=O) groups is 1. The number of hydrazine groups is 4. The summed E-state index contributed by atoms with van der Waals surface area (Å²) in [6.07, 6.45) is 0.592. The number of amides is 1. The number of hydrogen-bond donors (Lipinski definition) is 5. The number of non-ortho nitro benzene ring substituents is 1. The summed E-state index contributed by atoms with van der Waals surface area (Å²) in [6.45, 7) is 9.38. The van der Waals surface area contributed by atoms with Crippen LogP contribution in [0.1, 0.15) is 17.5 Å². The Hall–Kier alpha value is -14.2. The smallest absolute Gasteiger partial charge is 0.303 e. The fourth-order valence-corrected chi connectivity index (χ4v) is 10.6. The SMILES string of the molecule is O=C1CCN(c2ccccc2)N1.O=[N+]([O-])c1cc([N+](=O)[O-])c(Nn2c3ccccc3c3ccccc32)c([N+](=O)[O-])c1.[C-]#[N+]c1c(NN(c2ccccc2)c2ccccc2)c(C#N)c(NN(c2ccccc2)c2ccccc2)c(C#N)c1NN(c1ccccc1)c1ccccc1. The Labute approximate surface area is 543 Å². The van der Waals surface area contributed by atoms with Crippen LogP contribution in [0.4, 0.5) is 85.3 Å². The van der Waals surface area contributed by atoms with E-state index in [0.717, 1.165) is 57.1 Å². The van der Waals surface area contributed by atoms with Crippen LogP contribution in [-0.2, 0) is 4.79 Å². The van der Waals surface area contributed by atoms with E-state index >= 15 is 0 Å². The molecule has 95 heavy (non-hydrogen) atoms. The van der Waals surface area contributed by atoms with E-state index in [0.29, 0.717) is 29.6 Å². The minimum atomic E-state index is -0.912. The summed E-state index contributed by atoms with van der Waals surface area (Å²) in [7, 11) is 0. The summed E-state index contributed by atoms with van der Waals surface area (Å²) in [6, 6.07) is 88.1. The van der Waals surface area contributed by atoms with Crippen LogP contribution in [0, 0.1) is 59.6 Å². The number of rotatable bonds is 18. The fraction of sp³-hybridized carbons (Fsp3) is 0.0278. The van der Waals surface area contributed by atoms with Gasteiger partial charge in [-0.15, -0.1) is 0 Å². The first kappa shape index (κ1) is 62.4. The topological polar surface area (TPSA) is 276 Å². The molecule has 0 bridgehead atoms. The van der Waals surface area contributed by atoms with Crippen molar-refractivity contribution in [2.75, 3.05) is 48.3 Å². The molecule has 1 aliphatic heterocycles. The van der Waals surface area contributed by atoms with Crippen LogP contribution < -0.4 is 47.2 Å². The molecular weight excluding hydrogens is 1200 g/mol. The molecule has 0 spiro atoms. The van der Waals surface area contributed by atoms with Crippen LogP contribution in [0.25, 0.3) is 26.7 Å². The van der Waals surface area contributed by atoms with E-state index in [1.54, 1.807) is 24.3 Å². The highest BCUT2D eigenvalue weighted by Crippen LogP contribution is 2.48. The maximum absolute atomic E-state index is 11.5. The van der Waals surface area contributed by atoms with Crippen molar-refractivity contribution in [3.05, 3.63) is 326 Å². The van der Waals surface area contributed by atoms with Crippen molar-refractivity contribution in [2.45, 2.75) is 6.42 Å². The number of nitrogens with zero attached hydrogens (tertiary/aromatic N) is 11. The van der Waals surface area contributed by atoms with Crippen molar-refractivity contribution in [1.82, 2.24) is 10.1 Å².